The van der Waals surface area contributed by atoms with Gasteiger partial charge in [-0.1, -0.05) is 12.1 Å². The van der Waals surface area contributed by atoms with E-state index in [0.717, 1.165) is 5.56 Å². The van der Waals surface area contributed by atoms with E-state index in [1.54, 1.807) is 36.2 Å². The summed E-state index contributed by atoms with van der Waals surface area (Å²) in [7, 11) is 1.73. The Balaban J connectivity index is 1.86. The van der Waals surface area contributed by atoms with Gasteiger partial charge in [-0.15, -0.1) is 0 Å². The van der Waals surface area contributed by atoms with Crippen LogP contribution in [0, 0.1) is 0 Å². The summed E-state index contributed by atoms with van der Waals surface area (Å²) < 4.78 is 0. The number of nitrogens with one attached hydrogen (secondary N) is 1. The number of hydrogen-bond donors (Lipinski definition) is 2. The van der Waals surface area contributed by atoms with Gasteiger partial charge in [0, 0.05) is 20.0 Å². The predicted molar refractivity (Wildman–Crippen MR) is 66.0 cm³/mol. The smallest absolute Gasteiger partial charge is 0.224 e. The van der Waals surface area contributed by atoms with Gasteiger partial charge in [-0.25, -0.2) is 0 Å². The molecule has 1 aliphatic rings. The van der Waals surface area contributed by atoms with Gasteiger partial charge in [-0.2, -0.15) is 0 Å². The highest BCUT2D eigenvalue weighted by molar-refractivity contribution is 5.83. The molecular weight excluding hydrogens is 232 g/mol. The molecule has 1 aromatic rings. The molecule has 0 radical (unpaired) electrons. The van der Waals surface area contributed by atoms with Crippen LogP contribution in [0.5, 0.6) is 5.75 Å². The van der Waals surface area contributed by atoms with Gasteiger partial charge >= 0.3 is 0 Å². The Morgan fingerprint density at radius 2 is 2.11 bits per heavy atom. The third-order valence-electron chi connectivity index (χ3n) is 3.01. The number of rotatable bonds is 3. The van der Waals surface area contributed by atoms with Gasteiger partial charge in [0.2, 0.25) is 11.8 Å². The van der Waals surface area contributed by atoms with Gasteiger partial charge in [-0.3, -0.25) is 9.59 Å². The zero-order valence-corrected chi connectivity index (χ0v) is 10.2. The van der Waals surface area contributed by atoms with Crippen LogP contribution in [0.15, 0.2) is 24.3 Å². The Morgan fingerprint density at radius 3 is 2.67 bits per heavy atom. The molecule has 96 valence electrons. The molecule has 1 atom stereocenters. The van der Waals surface area contributed by atoms with Gasteiger partial charge in [0.25, 0.3) is 0 Å². The highest BCUT2D eigenvalue weighted by atomic mass is 16.3. The van der Waals surface area contributed by atoms with Crippen molar-refractivity contribution in [1.82, 2.24) is 10.2 Å². The number of phenols is 1. The number of aromatic hydroxyl groups is 1. The Morgan fingerprint density at radius 1 is 1.44 bits per heavy atom. The molecule has 0 saturated carbocycles. The largest absolute Gasteiger partial charge is 0.508 e. The van der Waals surface area contributed by atoms with E-state index in [4.69, 9.17) is 5.11 Å². The van der Waals surface area contributed by atoms with Gasteiger partial charge < -0.3 is 15.3 Å². The summed E-state index contributed by atoms with van der Waals surface area (Å²) in [5.41, 5.74) is 0.836. The normalized spacial score (nSPS) is 19.1. The molecule has 0 aliphatic carbocycles. The summed E-state index contributed by atoms with van der Waals surface area (Å²) in [5.74, 6) is 0.140. The van der Waals surface area contributed by atoms with Crippen LogP contribution in [0.1, 0.15) is 12.0 Å². The lowest BCUT2D eigenvalue weighted by molar-refractivity contribution is -0.126. The van der Waals surface area contributed by atoms with Crippen LogP contribution in [0.3, 0.4) is 0 Å². The third-order valence-corrected chi connectivity index (χ3v) is 3.01. The van der Waals surface area contributed by atoms with E-state index in [0.29, 0.717) is 13.0 Å². The maximum atomic E-state index is 11.8. The van der Waals surface area contributed by atoms with Gasteiger partial charge in [0.15, 0.2) is 0 Å². The molecule has 0 spiro atoms. The minimum absolute atomic E-state index is 0.0601. The second-order valence-corrected chi connectivity index (χ2v) is 4.59. The number of likely N-dealkylation sites (tertiary alicyclic amines) is 1. The molecule has 0 bridgehead atoms. The molecular formula is C13H16N2O3. The molecule has 1 unspecified atom stereocenters. The summed E-state index contributed by atoms with van der Waals surface area (Å²) in [6, 6.07) is 6.43. The van der Waals surface area contributed by atoms with Crippen LogP contribution in [0.4, 0.5) is 0 Å². The second kappa shape index (κ2) is 5.08. The van der Waals surface area contributed by atoms with Crippen LogP contribution >= 0.6 is 0 Å². The molecule has 1 saturated heterocycles. The SMILES string of the molecule is CN1CC(NC(=O)Cc2ccc(O)cc2)CC1=O. The van der Waals surface area contributed by atoms with Crippen molar-refractivity contribution in [1.29, 1.82) is 0 Å². The van der Waals surface area contributed by atoms with Crippen LogP contribution in [-0.4, -0.2) is 41.5 Å². The van der Waals surface area contributed by atoms with Gasteiger partial charge in [0.1, 0.15) is 5.75 Å². The third kappa shape index (κ3) is 3.00. The minimum Gasteiger partial charge on any atom is -0.508 e. The van der Waals surface area contributed by atoms with Crippen molar-refractivity contribution in [3.63, 3.8) is 0 Å². The van der Waals surface area contributed by atoms with E-state index in [9.17, 15) is 9.59 Å². The molecule has 1 fully saturated rings. The molecule has 2 amide bonds. The standard InChI is InChI=1S/C13H16N2O3/c1-15-8-10(7-13(15)18)14-12(17)6-9-2-4-11(16)5-3-9/h2-5,10,16H,6-8H2,1H3,(H,14,17). The van der Waals surface area contributed by atoms with E-state index >= 15 is 0 Å². The van der Waals surface area contributed by atoms with E-state index in [2.05, 4.69) is 5.32 Å². The lowest BCUT2D eigenvalue weighted by Gasteiger charge is -2.12. The quantitative estimate of drug-likeness (QED) is 0.807. The molecule has 2 N–H and O–H groups in total. The highest BCUT2D eigenvalue weighted by Crippen LogP contribution is 2.11. The fourth-order valence-electron chi connectivity index (χ4n) is 2.04. The summed E-state index contributed by atoms with van der Waals surface area (Å²) in [6.07, 6.45) is 0.631. The van der Waals surface area contributed by atoms with E-state index < -0.39 is 0 Å². The summed E-state index contributed by atoms with van der Waals surface area (Å²) in [5, 5.41) is 12.0. The molecule has 1 heterocycles. The molecule has 5 heteroatoms. The number of amides is 2. The predicted octanol–water partition coefficient (Wildman–Crippen LogP) is 0.282. The average Bonchev–Trinajstić information content (AvgIpc) is 2.61. The van der Waals surface area contributed by atoms with Crippen LogP contribution in [0.25, 0.3) is 0 Å². The Kier molecular flexibility index (Phi) is 3.50. The summed E-state index contributed by atoms with van der Waals surface area (Å²) in [4.78, 5) is 24.7. The van der Waals surface area contributed by atoms with Crippen molar-refractivity contribution in [2.45, 2.75) is 18.9 Å². The molecule has 18 heavy (non-hydrogen) atoms. The lowest BCUT2D eigenvalue weighted by atomic mass is 10.1. The zero-order valence-electron chi connectivity index (χ0n) is 10.2. The number of benzene rings is 1. The highest BCUT2D eigenvalue weighted by Gasteiger charge is 2.27. The fraction of sp³-hybridized carbons (Fsp3) is 0.385. The van der Waals surface area contributed by atoms with Crippen molar-refractivity contribution >= 4 is 11.8 Å². The van der Waals surface area contributed by atoms with Gasteiger partial charge in [0.05, 0.1) is 12.5 Å². The van der Waals surface area contributed by atoms with Crippen molar-refractivity contribution in [2.75, 3.05) is 13.6 Å². The molecule has 5 nitrogen and oxygen atoms in total. The first kappa shape index (κ1) is 12.4. The molecule has 1 aromatic carbocycles. The first-order valence-electron chi connectivity index (χ1n) is 5.86. The lowest BCUT2D eigenvalue weighted by Crippen LogP contribution is -2.37. The van der Waals surface area contributed by atoms with Crippen LogP contribution < -0.4 is 5.32 Å². The average molecular weight is 248 g/mol. The van der Waals surface area contributed by atoms with Crippen LogP contribution in [-0.2, 0) is 16.0 Å². The molecule has 1 aliphatic heterocycles. The Labute approximate surface area is 105 Å². The topological polar surface area (TPSA) is 69.6 Å². The zero-order chi connectivity index (χ0) is 13.1. The van der Waals surface area contributed by atoms with Crippen molar-refractivity contribution < 1.29 is 14.7 Å². The number of nitrogens with zero attached hydrogens (tertiary/aromatic N) is 1. The Bertz CT molecular complexity index is 456. The fourth-order valence-corrected chi connectivity index (χ4v) is 2.04. The first-order valence-corrected chi connectivity index (χ1v) is 5.86. The summed E-state index contributed by atoms with van der Waals surface area (Å²) >= 11 is 0. The Hall–Kier alpha value is -2.04. The van der Waals surface area contributed by atoms with Crippen molar-refractivity contribution in [3.8, 4) is 5.75 Å². The van der Waals surface area contributed by atoms with E-state index in [1.807, 2.05) is 0 Å². The maximum absolute atomic E-state index is 11.8. The maximum Gasteiger partial charge on any atom is 0.224 e. The van der Waals surface area contributed by atoms with Crippen molar-refractivity contribution in [3.05, 3.63) is 29.8 Å². The van der Waals surface area contributed by atoms with Crippen LogP contribution in [0.2, 0.25) is 0 Å². The summed E-state index contributed by atoms with van der Waals surface area (Å²) in [6.45, 7) is 0.570. The number of likely N-dealkylation sites (N-methyl/N-ethyl adjacent to an activating group) is 1. The van der Waals surface area contributed by atoms with Gasteiger partial charge in [-0.05, 0) is 17.7 Å². The molecule has 0 aromatic heterocycles. The second-order valence-electron chi connectivity index (χ2n) is 4.59. The molecule has 2 rings (SSSR count). The minimum atomic E-state index is -0.103. The van der Waals surface area contributed by atoms with E-state index in [1.165, 1.54) is 0 Å². The van der Waals surface area contributed by atoms with E-state index in [-0.39, 0.29) is 30.0 Å². The number of carbonyl (C=O) groups excluding carboxylic acids is 2. The first-order chi connectivity index (χ1) is 8.54. The number of carbonyl (C=O) groups is 2. The number of hydrogen-bond acceptors (Lipinski definition) is 3. The number of phenolic OH excluding ortho intramolecular Hbond substituents is 1. The monoisotopic (exact) mass is 248 g/mol. The van der Waals surface area contributed by atoms with Crippen molar-refractivity contribution in [2.24, 2.45) is 0 Å².